The Bertz CT molecular complexity index is 479. The predicted molar refractivity (Wildman–Crippen MR) is 56.4 cm³/mol. The zero-order valence-corrected chi connectivity index (χ0v) is 9.30. The molecule has 0 aromatic heterocycles. The first-order valence-corrected chi connectivity index (χ1v) is 4.62. The second kappa shape index (κ2) is 3.37. The van der Waals surface area contributed by atoms with Crippen molar-refractivity contribution >= 4 is 5.78 Å². The predicted octanol–water partition coefficient (Wildman–Crippen LogP) is 2.63. The van der Waals surface area contributed by atoms with Gasteiger partial charge in [0.15, 0.2) is 11.5 Å². The molecule has 0 spiro atoms. The lowest BCUT2D eigenvalue weighted by Gasteiger charge is -2.17. The van der Waals surface area contributed by atoms with Gasteiger partial charge in [-0.3, -0.25) is 4.79 Å². The third kappa shape index (κ3) is 1.37. The molecule has 0 saturated heterocycles. The van der Waals surface area contributed by atoms with Crippen molar-refractivity contribution in [3.63, 3.8) is 0 Å². The lowest BCUT2D eigenvalue weighted by molar-refractivity contribution is -0.120. The second-order valence-electron chi connectivity index (χ2n) is 4.15. The van der Waals surface area contributed by atoms with Crippen LogP contribution in [0.15, 0.2) is 22.4 Å². The molecule has 0 bridgehead atoms. The van der Waals surface area contributed by atoms with E-state index in [1.54, 1.807) is 27.7 Å². The Morgan fingerprint density at radius 3 is 2.47 bits per heavy atom. The third-order valence-electron chi connectivity index (χ3n) is 2.98. The highest BCUT2D eigenvalue weighted by Gasteiger charge is 2.42. The summed E-state index contributed by atoms with van der Waals surface area (Å²) in [6.07, 6.45) is 0. The van der Waals surface area contributed by atoms with E-state index in [2.05, 4.69) is 4.85 Å². The molecule has 0 aliphatic heterocycles. The molecule has 0 unspecified atom stereocenters. The normalized spacial score (nSPS) is 22.4. The van der Waals surface area contributed by atoms with Crippen LogP contribution >= 0.6 is 0 Å². The summed E-state index contributed by atoms with van der Waals surface area (Å²) in [4.78, 5) is 15.4. The van der Waals surface area contributed by atoms with Crippen molar-refractivity contribution in [3.8, 4) is 6.07 Å². The van der Waals surface area contributed by atoms with Crippen molar-refractivity contribution < 1.29 is 4.79 Å². The molecule has 0 fully saturated rings. The average molecular weight is 200 g/mol. The molecule has 0 amide bonds. The number of nitriles is 1. The fourth-order valence-electron chi connectivity index (χ4n) is 1.62. The van der Waals surface area contributed by atoms with E-state index in [4.69, 9.17) is 11.8 Å². The van der Waals surface area contributed by atoms with Crippen LogP contribution in [-0.4, -0.2) is 5.78 Å². The van der Waals surface area contributed by atoms with Crippen LogP contribution in [0.4, 0.5) is 0 Å². The quantitative estimate of drug-likeness (QED) is 0.343. The van der Waals surface area contributed by atoms with Gasteiger partial charge in [-0.05, 0) is 6.92 Å². The van der Waals surface area contributed by atoms with E-state index in [0.717, 1.165) is 5.57 Å². The number of nitrogens with zero attached hydrogens (tertiary/aromatic N) is 2. The number of ketones is 1. The van der Waals surface area contributed by atoms with E-state index >= 15 is 0 Å². The highest BCUT2D eigenvalue weighted by molar-refractivity contribution is 6.10. The molecule has 0 aromatic rings. The summed E-state index contributed by atoms with van der Waals surface area (Å²) in [6, 6.07) is 1.94. The first-order valence-electron chi connectivity index (χ1n) is 4.62. The SMILES string of the molecule is [C-]#[N+]C1=C(C)C(C)(C)C(=O)/C1=C(\C)C#N. The number of allylic oxidation sites excluding steroid dienone is 3. The highest BCUT2D eigenvalue weighted by atomic mass is 16.1. The first-order chi connectivity index (χ1) is 6.87. The largest absolute Gasteiger partial charge is 0.295 e. The van der Waals surface area contributed by atoms with E-state index in [9.17, 15) is 4.79 Å². The Labute approximate surface area is 89.5 Å². The molecule has 0 saturated carbocycles. The van der Waals surface area contributed by atoms with Crippen molar-refractivity contribution in [2.45, 2.75) is 27.7 Å². The Balaban J connectivity index is 3.59. The molecule has 15 heavy (non-hydrogen) atoms. The zero-order valence-electron chi connectivity index (χ0n) is 9.30. The van der Waals surface area contributed by atoms with Crippen LogP contribution in [0.5, 0.6) is 0 Å². The summed E-state index contributed by atoms with van der Waals surface area (Å²) < 4.78 is 0. The van der Waals surface area contributed by atoms with E-state index in [1.165, 1.54) is 0 Å². The van der Waals surface area contributed by atoms with Crippen molar-refractivity contribution in [1.29, 1.82) is 5.26 Å². The topological polar surface area (TPSA) is 45.2 Å². The molecule has 0 radical (unpaired) electrons. The standard InChI is InChI=1S/C12H12N2O/c1-7(6-13)9-10(14-5)8(2)12(3,4)11(9)15/h1-4H3/b9-7+. The Morgan fingerprint density at radius 1 is 1.53 bits per heavy atom. The van der Waals surface area contributed by atoms with Crippen LogP contribution in [0.3, 0.4) is 0 Å². The van der Waals surface area contributed by atoms with Crippen molar-refractivity contribution in [1.82, 2.24) is 0 Å². The van der Waals surface area contributed by atoms with Gasteiger partial charge in [-0.1, -0.05) is 26.3 Å². The van der Waals surface area contributed by atoms with Crippen molar-refractivity contribution in [2.75, 3.05) is 0 Å². The highest BCUT2D eigenvalue weighted by Crippen LogP contribution is 2.43. The molecule has 0 N–H and O–H groups in total. The van der Waals surface area contributed by atoms with Gasteiger partial charge in [0.2, 0.25) is 0 Å². The van der Waals surface area contributed by atoms with E-state index in [1.807, 2.05) is 6.07 Å². The van der Waals surface area contributed by atoms with Gasteiger partial charge < -0.3 is 0 Å². The second-order valence-corrected chi connectivity index (χ2v) is 4.15. The summed E-state index contributed by atoms with van der Waals surface area (Å²) >= 11 is 0. The monoisotopic (exact) mass is 200 g/mol. The van der Waals surface area contributed by atoms with Crippen LogP contribution in [0, 0.1) is 23.3 Å². The molecular weight excluding hydrogens is 188 g/mol. The zero-order chi connectivity index (χ0) is 11.8. The van der Waals surface area contributed by atoms with E-state index < -0.39 is 5.41 Å². The molecule has 0 heterocycles. The van der Waals surface area contributed by atoms with Crippen LogP contribution in [-0.2, 0) is 4.79 Å². The van der Waals surface area contributed by atoms with Gasteiger partial charge >= 0.3 is 0 Å². The lowest BCUT2D eigenvalue weighted by atomic mass is 9.84. The molecule has 0 aromatic carbocycles. The van der Waals surface area contributed by atoms with Crippen molar-refractivity contribution in [3.05, 3.63) is 33.8 Å². The first kappa shape index (κ1) is 11.2. The fourth-order valence-corrected chi connectivity index (χ4v) is 1.62. The summed E-state index contributed by atoms with van der Waals surface area (Å²) in [6.45, 7) is 14.0. The molecule has 1 rings (SSSR count). The van der Waals surface area contributed by atoms with Crippen LogP contribution in [0.2, 0.25) is 0 Å². The minimum Gasteiger partial charge on any atom is -0.295 e. The van der Waals surface area contributed by atoms with Gasteiger partial charge in [-0.2, -0.15) is 5.26 Å². The number of carbonyl (C=O) groups is 1. The summed E-state index contributed by atoms with van der Waals surface area (Å²) in [7, 11) is 0. The Morgan fingerprint density at radius 2 is 2.07 bits per heavy atom. The molecule has 1 aliphatic rings. The maximum atomic E-state index is 12.0. The number of hydrogen-bond acceptors (Lipinski definition) is 2. The number of hydrogen-bond donors (Lipinski definition) is 0. The fraction of sp³-hybridized carbons (Fsp3) is 0.417. The average Bonchev–Trinajstić information content (AvgIpc) is 2.38. The summed E-state index contributed by atoms with van der Waals surface area (Å²) in [5, 5.41) is 8.80. The maximum absolute atomic E-state index is 12.0. The van der Waals surface area contributed by atoms with Gasteiger partial charge in [0, 0.05) is 16.6 Å². The van der Waals surface area contributed by atoms with Crippen molar-refractivity contribution in [2.24, 2.45) is 5.41 Å². The van der Waals surface area contributed by atoms with Crippen LogP contribution in [0.25, 0.3) is 4.85 Å². The molecule has 3 heteroatoms. The van der Waals surface area contributed by atoms with E-state index in [-0.39, 0.29) is 5.78 Å². The smallest absolute Gasteiger partial charge is 0.198 e. The third-order valence-corrected chi connectivity index (χ3v) is 2.98. The van der Waals surface area contributed by atoms with Gasteiger partial charge in [-0.15, -0.1) is 0 Å². The van der Waals surface area contributed by atoms with Gasteiger partial charge in [-0.25, -0.2) is 4.85 Å². The number of carbonyl (C=O) groups excluding carboxylic acids is 1. The van der Waals surface area contributed by atoms with Crippen LogP contribution in [0.1, 0.15) is 27.7 Å². The Hall–Kier alpha value is -1.87. The molecule has 76 valence electrons. The van der Waals surface area contributed by atoms with Gasteiger partial charge in [0.1, 0.15) is 0 Å². The number of rotatable bonds is 0. The minimum absolute atomic E-state index is 0.120. The summed E-state index contributed by atoms with van der Waals surface area (Å²) in [5.41, 5.74) is 1.09. The molecule has 0 atom stereocenters. The van der Waals surface area contributed by atoms with Gasteiger partial charge in [0.25, 0.3) is 0 Å². The van der Waals surface area contributed by atoms with E-state index in [0.29, 0.717) is 16.8 Å². The lowest BCUT2D eigenvalue weighted by Crippen LogP contribution is -2.21. The maximum Gasteiger partial charge on any atom is 0.198 e. The summed E-state index contributed by atoms with van der Waals surface area (Å²) in [5.74, 6) is -0.120. The van der Waals surface area contributed by atoms with Crippen LogP contribution < -0.4 is 0 Å². The Kier molecular flexibility index (Phi) is 2.51. The number of Topliss-reactive ketones (excluding diaryl/α,β-unsaturated/α-hetero) is 1. The molecular formula is C12H12N2O. The molecule has 1 aliphatic carbocycles. The minimum atomic E-state index is -0.646. The molecule has 3 nitrogen and oxygen atoms in total. The van der Waals surface area contributed by atoms with Gasteiger partial charge in [0.05, 0.1) is 12.6 Å².